The maximum absolute atomic E-state index is 8.39. The van der Waals surface area contributed by atoms with Crippen LogP contribution in [-0.2, 0) is 4.74 Å². The van der Waals surface area contributed by atoms with Crippen molar-refractivity contribution in [3.8, 4) is 0 Å². The summed E-state index contributed by atoms with van der Waals surface area (Å²) in [6.07, 6.45) is 0. The van der Waals surface area contributed by atoms with E-state index in [1.807, 2.05) is 20.8 Å². The van der Waals surface area contributed by atoms with Crippen molar-refractivity contribution in [3.63, 3.8) is 0 Å². The summed E-state index contributed by atoms with van der Waals surface area (Å²) in [5, 5.41) is 8.39. The molecule has 1 atom stereocenters. The van der Waals surface area contributed by atoms with E-state index in [1.165, 1.54) is 0 Å². The highest BCUT2D eigenvalue weighted by Gasteiger charge is 1.94. The number of aliphatic hydroxyl groups excluding tert-OH is 1. The number of hydrogen-bond acceptors (Lipinski definition) is 2. The molecule has 0 aliphatic rings. The van der Waals surface area contributed by atoms with E-state index >= 15 is 0 Å². The molecule has 0 saturated carbocycles. The molecular weight excluding hydrogens is 116 g/mol. The predicted octanol–water partition coefficient (Wildman–Crippen LogP) is 1.29. The second-order valence-corrected chi connectivity index (χ2v) is 1.74. The quantitative estimate of drug-likeness (QED) is 0.630. The topological polar surface area (TPSA) is 29.5 Å². The SMILES string of the molecule is CC.COCC(C)CO. The van der Waals surface area contributed by atoms with Gasteiger partial charge < -0.3 is 9.84 Å². The summed E-state index contributed by atoms with van der Waals surface area (Å²) in [6.45, 7) is 6.80. The van der Waals surface area contributed by atoms with Gasteiger partial charge >= 0.3 is 0 Å². The van der Waals surface area contributed by atoms with Gasteiger partial charge in [0.2, 0.25) is 0 Å². The summed E-state index contributed by atoms with van der Waals surface area (Å²) in [5.41, 5.74) is 0. The molecule has 2 heteroatoms. The first-order chi connectivity index (χ1) is 4.31. The number of rotatable bonds is 3. The number of aliphatic hydroxyl groups is 1. The minimum atomic E-state index is 0.216. The Balaban J connectivity index is 0. The van der Waals surface area contributed by atoms with E-state index < -0.39 is 0 Å². The molecule has 2 nitrogen and oxygen atoms in total. The second kappa shape index (κ2) is 10.8. The minimum absolute atomic E-state index is 0.216. The second-order valence-electron chi connectivity index (χ2n) is 1.74. The van der Waals surface area contributed by atoms with Crippen LogP contribution in [0, 0.1) is 5.92 Å². The van der Waals surface area contributed by atoms with Gasteiger partial charge in [0.05, 0.1) is 6.61 Å². The average molecular weight is 134 g/mol. The summed E-state index contributed by atoms with van der Waals surface area (Å²) in [6, 6.07) is 0. The van der Waals surface area contributed by atoms with E-state index in [-0.39, 0.29) is 12.5 Å². The standard InChI is InChI=1S/C5H12O2.C2H6/c1-5(3-6)4-7-2;1-2/h5-6H,3-4H2,1-2H3;1-2H3. The lowest BCUT2D eigenvalue weighted by atomic mass is 10.2. The van der Waals surface area contributed by atoms with Crippen molar-refractivity contribution in [2.75, 3.05) is 20.3 Å². The number of ether oxygens (including phenoxy) is 1. The van der Waals surface area contributed by atoms with E-state index in [0.29, 0.717) is 6.61 Å². The Bertz CT molecular complexity index is 37.9. The van der Waals surface area contributed by atoms with E-state index in [2.05, 4.69) is 0 Å². The monoisotopic (exact) mass is 134 g/mol. The highest BCUT2D eigenvalue weighted by Crippen LogP contribution is 1.89. The van der Waals surface area contributed by atoms with Crippen LogP contribution in [0.1, 0.15) is 20.8 Å². The summed E-state index contributed by atoms with van der Waals surface area (Å²) >= 11 is 0. The van der Waals surface area contributed by atoms with Crippen molar-refractivity contribution in [2.45, 2.75) is 20.8 Å². The van der Waals surface area contributed by atoms with Crippen LogP contribution in [0.4, 0.5) is 0 Å². The van der Waals surface area contributed by atoms with Crippen LogP contribution in [0.3, 0.4) is 0 Å². The number of methoxy groups -OCH3 is 1. The first-order valence-corrected chi connectivity index (χ1v) is 3.41. The Morgan fingerprint density at radius 2 is 1.89 bits per heavy atom. The van der Waals surface area contributed by atoms with E-state index in [9.17, 15) is 0 Å². The van der Waals surface area contributed by atoms with Gasteiger partial charge in [0.25, 0.3) is 0 Å². The molecule has 0 radical (unpaired) electrons. The Morgan fingerprint density at radius 1 is 1.44 bits per heavy atom. The largest absolute Gasteiger partial charge is 0.396 e. The molecule has 0 aromatic rings. The molecule has 0 heterocycles. The van der Waals surface area contributed by atoms with Crippen LogP contribution in [-0.4, -0.2) is 25.4 Å². The normalized spacial score (nSPS) is 11.7. The molecule has 0 bridgehead atoms. The molecule has 0 aromatic carbocycles. The van der Waals surface area contributed by atoms with Gasteiger partial charge in [-0.2, -0.15) is 0 Å². The zero-order valence-electron chi connectivity index (χ0n) is 6.85. The molecule has 0 aliphatic carbocycles. The first-order valence-electron chi connectivity index (χ1n) is 3.41. The van der Waals surface area contributed by atoms with Crippen LogP contribution in [0.5, 0.6) is 0 Å². The van der Waals surface area contributed by atoms with Crippen molar-refractivity contribution >= 4 is 0 Å². The van der Waals surface area contributed by atoms with E-state index in [0.717, 1.165) is 0 Å². The highest BCUT2D eigenvalue weighted by molar-refractivity contribution is 4.43. The summed E-state index contributed by atoms with van der Waals surface area (Å²) in [5.74, 6) is 0.282. The van der Waals surface area contributed by atoms with Gasteiger partial charge in [-0.05, 0) is 0 Å². The van der Waals surface area contributed by atoms with Gasteiger partial charge in [-0.15, -0.1) is 0 Å². The fraction of sp³-hybridized carbons (Fsp3) is 1.00. The molecule has 0 spiro atoms. The molecular formula is C7H18O2. The molecule has 1 unspecified atom stereocenters. The minimum Gasteiger partial charge on any atom is -0.396 e. The molecule has 58 valence electrons. The van der Waals surface area contributed by atoms with Crippen LogP contribution in [0.15, 0.2) is 0 Å². The van der Waals surface area contributed by atoms with Gasteiger partial charge in [-0.25, -0.2) is 0 Å². The van der Waals surface area contributed by atoms with Crippen molar-refractivity contribution in [1.82, 2.24) is 0 Å². The Morgan fingerprint density at radius 3 is 2.00 bits per heavy atom. The van der Waals surface area contributed by atoms with Crippen LogP contribution in [0.25, 0.3) is 0 Å². The van der Waals surface area contributed by atoms with Gasteiger partial charge in [0.1, 0.15) is 0 Å². The molecule has 0 saturated heterocycles. The van der Waals surface area contributed by atoms with E-state index in [4.69, 9.17) is 9.84 Å². The third-order valence-corrected chi connectivity index (χ3v) is 0.763. The molecule has 1 N–H and O–H groups in total. The maximum atomic E-state index is 8.39. The summed E-state index contributed by atoms with van der Waals surface area (Å²) in [7, 11) is 1.63. The maximum Gasteiger partial charge on any atom is 0.0509 e. The third-order valence-electron chi connectivity index (χ3n) is 0.763. The number of hydrogen-bond donors (Lipinski definition) is 1. The molecule has 0 rings (SSSR count). The lowest BCUT2D eigenvalue weighted by molar-refractivity contribution is 0.119. The summed E-state index contributed by atoms with van der Waals surface area (Å²) < 4.78 is 4.73. The molecule has 0 aliphatic heterocycles. The van der Waals surface area contributed by atoms with Crippen molar-refractivity contribution in [2.24, 2.45) is 5.92 Å². The fourth-order valence-electron chi connectivity index (χ4n) is 0.337. The molecule has 0 amide bonds. The van der Waals surface area contributed by atoms with Gasteiger partial charge in [0.15, 0.2) is 0 Å². The van der Waals surface area contributed by atoms with Crippen LogP contribution >= 0.6 is 0 Å². The van der Waals surface area contributed by atoms with Gasteiger partial charge in [0, 0.05) is 19.6 Å². The molecule has 0 aromatic heterocycles. The Hall–Kier alpha value is -0.0800. The zero-order valence-corrected chi connectivity index (χ0v) is 6.85. The average Bonchev–Trinajstić information content (AvgIpc) is 1.93. The highest BCUT2D eigenvalue weighted by atomic mass is 16.5. The van der Waals surface area contributed by atoms with E-state index in [1.54, 1.807) is 7.11 Å². The van der Waals surface area contributed by atoms with Crippen molar-refractivity contribution in [3.05, 3.63) is 0 Å². The lowest BCUT2D eigenvalue weighted by Crippen LogP contribution is -2.07. The van der Waals surface area contributed by atoms with Gasteiger partial charge in [-0.3, -0.25) is 0 Å². The fourth-order valence-corrected chi connectivity index (χ4v) is 0.337. The third kappa shape index (κ3) is 11.5. The van der Waals surface area contributed by atoms with Crippen molar-refractivity contribution < 1.29 is 9.84 Å². The van der Waals surface area contributed by atoms with Crippen LogP contribution in [0.2, 0.25) is 0 Å². The van der Waals surface area contributed by atoms with Crippen LogP contribution < -0.4 is 0 Å². The summed E-state index contributed by atoms with van der Waals surface area (Å²) in [4.78, 5) is 0. The predicted molar refractivity (Wildman–Crippen MR) is 39.5 cm³/mol. The van der Waals surface area contributed by atoms with Crippen molar-refractivity contribution in [1.29, 1.82) is 0 Å². The Labute approximate surface area is 57.8 Å². The molecule has 0 fully saturated rings. The zero-order chi connectivity index (χ0) is 7.70. The first kappa shape index (κ1) is 11.7. The lowest BCUT2D eigenvalue weighted by Gasteiger charge is -2.02. The van der Waals surface area contributed by atoms with Gasteiger partial charge in [-0.1, -0.05) is 20.8 Å². The molecule has 9 heavy (non-hydrogen) atoms. The smallest absolute Gasteiger partial charge is 0.0509 e. The Kier molecular flexibility index (Phi) is 14.0.